The molecule has 0 unspecified atom stereocenters. The van der Waals surface area contributed by atoms with Crippen molar-refractivity contribution in [2.45, 2.75) is 6.42 Å². The molecule has 7 rings (SSSR count). The van der Waals surface area contributed by atoms with Crippen LogP contribution in [-0.2, 0) is 9.59 Å². The first-order valence-electron chi connectivity index (χ1n) is 10.7. The van der Waals surface area contributed by atoms with Crippen molar-refractivity contribution in [2.75, 3.05) is 10.2 Å². The second-order valence-electron chi connectivity index (χ2n) is 8.97. The molecule has 1 aliphatic heterocycles. The molecule has 1 saturated heterocycles. The van der Waals surface area contributed by atoms with Crippen LogP contribution in [0.4, 0.5) is 17.1 Å². The molecule has 0 radical (unpaired) electrons. The number of anilines is 2. The van der Waals surface area contributed by atoms with Crippen LogP contribution >= 0.6 is 0 Å². The Labute approximate surface area is 183 Å². The molecule has 2 saturated carbocycles. The van der Waals surface area contributed by atoms with E-state index in [1.165, 1.54) is 29.2 Å². The zero-order valence-corrected chi connectivity index (χ0v) is 16.9. The molecule has 160 valence electrons. The van der Waals surface area contributed by atoms with Gasteiger partial charge >= 0.3 is 0 Å². The summed E-state index contributed by atoms with van der Waals surface area (Å²) in [5.74, 6) is -0.00760. The van der Waals surface area contributed by atoms with Crippen LogP contribution in [0.15, 0.2) is 60.7 Å². The maximum atomic E-state index is 13.3. The number of benzene rings is 2. The van der Waals surface area contributed by atoms with Gasteiger partial charge in [0.2, 0.25) is 11.8 Å². The Balaban J connectivity index is 1.25. The number of carbonyl (C=O) groups is 3. The molecule has 8 heteroatoms. The Bertz CT molecular complexity index is 1180. The van der Waals surface area contributed by atoms with Gasteiger partial charge < -0.3 is 5.32 Å². The van der Waals surface area contributed by atoms with Crippen LogP contribution < -0.4 is 10.2 Å². The van der Waals surface area contributed by atoms with E-state index in [1.54, 1.807) is 24.3 Å². The monoisotopic (exact) mass is 429 g/mol. The van der Waals surface area contributed by atoms with E-state index in [4.69, 9.17) is 0 Å². The van der Waals surface area contributed by atoms with Gasteiger partial charge in [0.1, 0.15) is 0 Å². The number of nitrogens with zero attached hydrogens (tertiary/aromatic N) is 2. The van der Waals surface area contributed by atoms with Gasteiger partial charge in [0.25, 0.3) is 11.6 Å². The number of non-ortho nitro benzene ring substituents is 1. The smallest absolute Gasteiger partial charge is 0.269 e. The van der Waals surface area contributed by atoms with Crippen LogP contribution in [-0.4, -0.2) is 22.6 Å². The molecular formula is C24H19N3O5. The van der Waals surface area contributed by atoms with Crippen molar-refractivity contribution in [3.8, 4) is 0 Å². The Hall–Kier alpha value is -3.81. The fraction of sp³-hybridized carbons (Fsp3) is 0.292. The predicted molar refractivity (Wildman–Crippen MR) is 115 cm³/mol. The fourth-order valence-electron chi connectivity index (χ4n) is 5.87. The molecular weight excluding hydrogens is 410 g/mol. The summed E-state index contributed by atoms with van der Waals surface area (Å²) in [6.45, 7) is 0. The first-order valence-corrected chi connectivity index (χ1v) is 10.7. The summed E-state index contributed by atoms with van der Waals surface area (Å²) in [4.78, 5) is 50.8. The molecule has 0 aromatic heterocycles. The molecule has 0 spiro atoms. The van der Waals surface area contributed by atoms with E-state index in [-0.39, 0.29) is 41.2 Å². The van der Waals surface area contributed by atoms with E-state index >= 15 is 0 Å². The van der Waals surface area contributed by atoms with E-state index in [1.807, 2.05) is 0 Å². The highest BCUT2D eigenvalue weighted by Crippen LogP contribution is 2.65. The first kappa shape index (κ1) is 18.9. The molecule has 2 bridgehead atoms. The van der Waals surface area contributed by atoms with E-state index in [0.29, 0.717) is 28.8 Å². The maximum Gasteiger partial charge on any atom is 0.269 e. The van der Waals surface area contributed by atoms with Crippen LogP contribution in [0, 0.1) is 45.6 Å². The van der Waals surface area contributed by atoms with Gasteiger partial charge in [-0.2, -0.15) is 0 Å². The lowest BCUT2D eigenvalue weighted by atomic mass is 9.63. The summed E-state index contributed by atoms with van der Waals surface area (Å²) < 4.78 is 0. The SMILES string of the molecule is O=C(Nc1ccc([N+](=O)[O-])cc1)c1cccc(N2C(=O)[C@@H]3[C@H]4C=C[C@H]([C@H]5C[C@H]45)[C@@H]3C2=O)c1. The highest BCUT2D eigenvalue weighted by molar-refractivity contribution is 6.23. The van der Waals surface area contributed by atoms with Gasteiger partial charge in [-0.3, -0.25) is 24.5 Å². The molecule has 3 fully saturated rings. The number of allylic oxidation sites excluding steroid dienone is 2. The lowest BCUT2D eigenvalue weighted by Crippen LogP contribution is -2.40. The van der Waals surface area contributed by atoms with Crippen molar-refractivity contribution >= 4 is 34.8 Å². The van der Waals surface area contributed by atoms with Crippen molar-refractivity contribution in [3.05, 3.63) is 76.4 Å². The molecule has 1 N–H and O–H groups in total. The predicted octanol–water partition coefficient (Wildman–Crippen LogP) is 3.40. The maximum absolute atomic E-state index is 13.3. The van der Waals surface area contributed by atoms with Crippen LogP contribution in [0.25, 0.3) is 0 Å². The summed E-state index contributed by atoms with van der Waals surface area (Å²) in [7, 11) is 0. The standard InChI is InChI=1S/C24H19N3O5/c28-22(25-13-4-6-14(7-5-13)27(31)32)12-2-1-3-15(10-12)26-23(29)20-16-8-9-17(19-11-18(16)19)21(20)24(26)30/h1-10,16-21H,11H2,(H,25,28)/t16-,17+,18-,19-,20+,21-/m1/s1. The van der Waals surface area contributed by atoms with E-state index in [0.717, 1.165) is 6.42 Å². The zero-order chi connectivity index (χ0) is 22.1. The van der Waals surface area contributed by atoms with Gasteiger partial charge in [0.15, 0.2) is 0 Å². The van der Waals surface area contributed by atoms with Crippen molar-refractivity contribution < 1.29 is 19.3 Å². The molecule has 8 nitrogen and oxygen atoms in total. The second-order valence-corrected chi connectivity index (χ2v) is 8.97. The number of hydrogen-bond donors (Lipinski definition) is 1. The number of hydrogen-bond acceptors (Lipinski definition) is 5. The summed E-state index contributed by atoms with van der Waals surface area (Å²) in [6, 6.07) is 12.0. The zero-order valence-electron chi connectivity index (χ0n) is 16.9. The third kappa shape index (κ3) is 2.65. The van der Waals surface area contributed by atoms with Crippen molar-refractivity contribution in [1.82, 2.24) is 0 Å². The normalized spacial score (nSPS) is 31.3. The number of amides is 3. The minimum absolute atomic E-state index is 0.0707. The second kappa shape index (κ2) is 6.59. The van der Waals surface area contributed by atoms with Crippen LogP contribution in [0.3, 0.4) is 0 Å². The lowest BCUT2D eigenvalue weighted by molar-refractivity contribution is -0.384. The molecule has 2 aromatic carbocycles. The Morgan fingerprint density at radius 2 is 1.59 bits per heavy atom. The van der Waals surface area contributed by atoms with Crippen LogP contribution in [0.5, 0.6) is 0 Å². The average Bonchev–Trinajstić information content (AvgIpc) is 3.57. The number of imide groups is 1. The Morgan fingerprint density at radius 1 is 0.969 bits per heavy atom. The topological polar surface area (TPSA) is 110 Å². The number of nitrogens with one attached hydrogen (secondary N) is 1. The average molecular weight is 429 g/mol. The Kier molecular flexibility index (Phi) is 3.90. The van der Waals surface area contributed by atoms with E-state index in [2.05, 4.69) is 17.5 Å². The number of rotatable bonds is 4. The minimum atomic E-state index is -0.512. The quantitative estimate of drug-likeness (QED) is 0.347. The fourth-order valence-corrected chi connectivity index (χ4v) is 5.87. The number of carbonyl (C=O) groups excluding carboxylic acids is 3. The van der Waals surface area contributed by atoms with Crippen LogP contribution in [0.2, 0.25) is 0 Å². The summed E-state index contributed by atoms with van der Waals surface area (Å²) in [5.41, 5.74) is 1.03. The molecule has 4 aliphatic carbocycles. The summed E-state index contributed by atoms with van der Waals surface area (Å²) in [6.07, 6.45) is 5.36. The lowest BCUT2D eigenvalue weighted by Gasteiger charge is -2.37. The van der Waals surface area contributed by atoms with E-state index in [9.17, 15) is 24.5 Å². The molecule has 6 atom stereocenters. The summed E-state index contributed by atoms with van der Waals surface area (Å²) >= 11 is 0. The molecule has 3 amide bonds. The third-order valence-electron chi connectivity index (χ3n) is 7.37. The Morgan fingerprint density at radius 3 is 2.19 bits per heavy atom. The van der Waals surface area contributed by atoms with Crippen molar-refractivity contribution in [1.29, 1.82) is 0 Å². The number of nitro groups is 1. The highest BCUT2D eigenvalue weighted by Gasteiger charge is 2.67. The van der Waals surface area contributed by atoms with Gasteiger partial charge in [0, 0.05) is 23.4 Å². The minimum Gasteiger partial charge on any atom is -0.322 e. The largest absolute Gasteiger partial charge is 0.322 e. The first-order chi connectivity index (χ1) is 15.4. The van der Waals surface area contributed by atoms with Gasteiger partial charge in [0.05, 0.1) is 22.4 Å². The van der Waals surface area contributed by atoms with Gasteiger partial charge in [-0.25, -0.2) is 4.90 Å². The van der Waals surface area contributed by atoms with E-state index < -0.39 is 10.8 Å². The van der Waals surface area contributed by atoms with Gasteiger partial charge in [-0.1, -0.05) is 18.2 Å². The molecule has 32 heavy (non-hydrogen) atoms. The summed E-state index contributed by atoms with van der Waals surface area (Å²) in [5, 5.41) is 13.5. The number of nitro benzene ring substituents is 1. The molecule has 2 aromatic rings. The van der Waals surface area contributed by atoms with Gasteiger partial charge in [-0.05, 0) is 60.4 Å². The molecule has 5 aliphatic rings. The van der Waals surface area contributed by atoms with Crippen LogP contribution in [0.1, 0.15) is 16.8 Å². The van der Waals surface area contributed by atoms with Crippen molar-refractivity contribution in [2.24, 2.45) is 35.5 Å². The third-order valence-corrected chi connectivity index (χ3v) is 7.37. The molecule has 1 heterocycles. The van der Waals surface area contributed by atoms with Gasteiger partial charge in [-0.15, -0.1) is 0 Å². The highest BCUT2D eigenvalue weighted by atomic mass is 16.6. The van der Waals surface area contributed by atoms with Crippen molar-refractivity contribution in [3.63, 3.8) is 0 Å².